The van der Waals surface area contributed by atoms with Gasteiger partial charge in [0.1, 0.15) is 4.99 Å². The van der Waals surface area contributed by atoms with Gasteiger partial charge in [-0.05, 0) is 19.1 Å². The molecule has 1 heterocycles. The lowest BCUT2D eigenvalue weighted by atomic mass is 10.3. The average molecular weight is 226 g/mol. The van der Waals surface area contributed by atoms with Crippen LogP contribution in [0.3, 0.4) is 0 Å². The van der Waals surface area contributed by atoms with Crippen LogP contribution in [0.5, 0.6) is 0 Å². The molecule has 0 aliphatic heterocycles. The molecule has 1 aromatic heterocycles. The Morgan fingerprint density at radius 3 is 3.00 bits per heavy atom. The van der Waals surface area contributed by atoms with Crippen molar-refractivity contribution >= 4 is 17.2 Å². The van der Waals surface area contributed by atoms with E-state index in [9.17, 15) is 4.79 Å². The first-order chi connectivity index (χ1) is 7.16. The van der Waals surface area contributed by atoms with Crippen LogP contribution in [0, 0.1) is 0 Å². The summed E-state index contributed by atoms with van der Waals surface area (Å²) in [5, 5.41) is 0. The second-order valence-corrected chi connectivity index (χ2v) is 3.42. The zero-order chi connectivity index (χ0) is 11.3. The van der Waals surface area contributed by atoms with Crippen LogP contribution in [0.25, 0.3) is 0 Å². The van der Waals surface area contributed by atoms with Crippen LogP contribution >= 0.6 is 12.2 Å². The standard InChI is InChI=1S/C10H14N2O2S/c1-2-14-7-6-12-5-3-4-8(9(11)15)10(12)13/h3-5H,2,6-7H2,1H3,(H2,11,15). The second kappa shape index (κ2) is 5.63. The third-order valence-corrected chi connectivity index (χ3v) is 2.19. The Hall–Kier alpha value is -1.20. The fraction of sp³-hybridized carbons (Fsp3) is 0.400. The van der Waals surface area contributed by atoms with Crippen molar-refractivity contribution in [2.45, 2.75) is 13.5 Å². The maximum absolute atomic E-state index is 11.7. The zero-order valence-corrected chi connectivity index (χ0v) is 9.42. The fourth-order valence-electron chi connectivity index (χ4n) is 1.21. The Balaban J connectivity index is 2.85. The van der Waals surface area contributed by atoms with Crippen molar-refractivity contribution in [3.63, 3.8) is 0 Å². The first-order valence-corrected chi connectivity index (χ1v) is 5.14. The molecule has 0 atom stereocenters. The first-order valence-electron chi connectivity index (χ1n) is 4.73. The number of nitrogens with zero attached hydrogens (tertiary/aromatic N) is 1. The zero-order valence-electron chi connectivity index (χ0n) is 8.60. The van der Waals surface area contributed by atoms with E-state index >= 15 is 0 Å². The van der Waals surface area contributed by atoms with E-state index in [0.29, 0.717) is 25.3 Å². The van der Waals surface area contributed by atoms with E-state index < -0.39 is 0 Å². The van der Waals surface area contributed by atoms with Gasteiger partial charge in [-0.25, -0.2) is 0 Å². The van der Waals surface area contributed by atoms with Gasteiger partial charge in [0.2, 0.25) is 0 Å². The minimum absolute atomic E-state index is 0.130. The number of nitrogens with two attached hydrogens (primary N) is 1. The fourth-order valence-corrected chi connectivity index (χ4v) is 1.36. The molecule has 0 aliphatic carbocycles. The van der Waals surface area contributed by atoms with Gasteiger partial charge in [-0.1, -0.05) is 12.2 Å². The lowest BCUT2D eigenvalue weighted by molar-refractivity contribution is 0.138. The summed E-state index contributed by atoms with van der Waals surface area (Å²) >= 11 is 4.78. The van der Waals surface area contributed by atoms with Crippen molar-refractivity contribution in [3.05, 3.63) is 34.2 Å². The summed E-state index contributed by atoms with van der Waals surface area (Å²) in [5.41, 5.74) is 5.64. The highest BCUT2D eigenvalue weighted by Gasteiger charge is 2.04. The summed E-state index contributed by atoms with van der Waals surface area (Å²) in [6.07, 6.45) is 1.70. The molecule has 0 aromatic carbocycles. The molecule has 0 fully saturated rings. The van der Waals surface area contributed by atoms with E-state index in [1.807, 2.05) is 6.92 Å². The topological polar surface area (TPSA) is 57.2 Å². The van der Waals surface area contributed by atoms with Crippen molar-refractivity contribution in [1.29, 1.82) is 0 Å². The lowest BCUT2D eigenvalue weighted by Crippen LogP contribution is -2.29. The summed E-state index contributed by atoms with van der Waals surface area (Å²) in [4.78, 5) is 11.9. The Labute approximate surface area is 93.7 Å². The van der Waals surface area contributed by atoms with Crippen molar-refractivity contribution in [2.75, 3.05) is 13.2 Å². The molecule has 0 aliphatic rings. The van der Waals surface area contributed by atoms with Crippen molar-refractivity contribution in [1.82, 2.24) is 4.57 Å². The van der Waals surface area contributed by atoms with Gasteiger partial charge in [0.15, 0.2) is 0 Å². The molecule has 82 valence electrons. The van der Waals surface area contributed by atoms with Crippen LogP contribution < -0.4 is 11.3 Å². The van der Waals surface area contributed by atoms with Gasteiger partial charge < -0.3 is 15.0 Å². The van der Waals surface area contributed by atoms with E-state index in [4.69, 9.17) is 22.7 Å². The van der Waals surface area contributed by atoms with Crippen LogP contribution in [0.1, 0.15) is 12.5 Å². The molecule has 0 bridgehead atoms. The minimum Gasteiger partial charge on any atom is -0.389 e. The summed E-state index contributed by atoms with van der Waals surface area (Å²) in [5.74, 6) is 0. The molecular weight excluding hydrogens is 212 g/mol. The third-order valence-electron chi connectivity index (χ3n) is 1.97. The molecule has 2 N–H and O–H groups in total. The van der Waals surface area contributed by atoms with E-state index in [0.717, 1.165) is 0 Å². The molecule has 4 nitrogen and oxygen atoms in total. The Morgan fingerprint density at radius 1 is 1.67 bits per heavy atom. The van der Waals surface area contributed by atoms with E-state index in [-0.39, 0.29) is 10.5 Å². The van der Waals surface area contributed by atoms with Gasteiger partial charge in [0.05, 0.1) is 12.2 Å². The van der Waals surface area contributed by atoms with E-state index in [1.165, 1.54) is 0 Å². The minimum atomic E-state index is -0.162. The Bertz CT molecular complexity index is 401. The molecule has 5 heteroatoms. The van der Waals surface area contributed by atoms with Gasteiger partial charge in [0.25, 0.3) is 5.56 Å². The van der Waals surface area contributed by atoms with E-state index in [1.54, 1.807) is 22.9 Å². The second-order valence-electron chi connectivity index (χ2n) is 2.98. The normalized spacial score (nSPS) is 10.2. The number of rotatable bonds is 5. The summed E-state index contributed by atoms with van der Waals surface area (Å²) in [7, 11) is 0. The van der Waals surface area contributed by atoms with Crippen LogP contribution in [0.15, 0.2) is 23.1 Å². The number of hydrogen-bond acceptors (Lipinski definition) is 3. The van der Waals surface area contributed by atoms with Crippen molar-refractivity contribution in [3.8, 4) is 0 Å². The smallest absolute Gasteiger partial charge is 0.260 e. The largest absolute Gasteiger partial charge is 0.389 e. The van der Waals surface area contributed by atoms with E-state index in [2.05, 4.69) is 0 Å². The highest BCUT2D eigenvalue weighted by atomic mass is 32.1. The number of aromatic nitrogens is 1. The molecule has 0 radical (unpaired) electrons. The quantitative estimate of drug-likeness (QED) is 0.587. The summed E-state index contributed by atoms with van der Waals surface area (Å²) in [6.45, 7) is 3.58. The van der Waals surface area contributed by atoms with Crippen LogP contribution in [-0.4, -0.2) is 22.8 Å². The first kappa shape index (κ1) is 11.9. The predicted molar refractivity (Wildman–Crippen MR) is 63.1 cm³/mol. The number of hydrogen-bond donors (Lipinski definition) is 1. The van der Waals surface area contributed by atoms with Crippen LogP contribution in [0.2, 0.25) is 0 Å². The predicted octanol–water partition coefficient (Wildman–Crippen LogP) is 0.519. The monoisotopic (exact) mass is 226 g/mol. The van der Waals surface area contributed by atoms with Gasteiger partial charge in [-0.15, -0.1) is 0 Å². The van der Waals surface area contributed by atoms with Gasteiger partial charge in [0, 0.05) is 19.3 Å². The van der Waals surface area contributed by atoms with Gasteiger partial charge in [-0.3, -0.25) is 4.79 Å². The molecule has 1 aromatic rings. The van der Waals surface area contributed by atoms with Crippen LogP contribution in [-0.2, 0) is 11.3 Å². The molecule has 0 saturated carbocycles. The maximum Gasteiger partial charge on any atom is 0.260 e. The summed E-state index contributed by atoms with van der Waals surface area (Å²) < 4.78 is 6.71. The number of thiocarbonyl (C=S) groups is 1. The van der Waals surface area contributed by atoms with Crippen LogP contribution in [0.4, 0.5) is 0 Å². The molecule has 0 unspecified atom stereocenters. The summed E-state index contributed by atoms with van der Waals surface area (Å²) in [6, 6.07) is 3.38. The third kappa shape index (κ3) is 3.14. The van der Waals surface area contributed by atoms with Crippen molar-refractivity contribution in [2.24, 2.45) is 5.73 Å². The lowest BCUT2D eigenvalue weighted by Gasteiger charge is -2.06. The average Bonchev–Trinajstić information content (AvgIpc) is 2.20. The van der Waals surface area contributed by atoms with Gasteiger partial charge in [-0.2, -0.15) is 0 Å². The maximum atomic E-state index is 11.7. The highest BCUT2D eigenvalue weighted by molar-refractivity contribution is 7.80. The van der Waals surface area contributed by atoms with Gasteiger partial charge >= 0.3 is 0 Å². The molecule has 1 rings (SSSR count). The Morgan fingerprint density at radius 2 is 2.40 bits per heavy atom. The number of ether oxygens (including phenoxy) is 1. The molecular formula is C10H14N2O2S. The number of pyridine rings is 1. The highest BCUT2D eigenvalue weighted by Crippen LogP contribution is 1.92. The molecule has 0 spiro atoms. The Kier molecular flexibility index (Phi) is 4.45. The van der Waals surface area contributed by atoms with Crippen molar-refractivity contribution < 1.29 is 4.74 Å². The molecule has 0 saturated heterocycles. The SMILES string of the molecule is CCOCCn1cccc(C(N)=S)c1=O. The molecule has 15 heavy (non-hydrogen) atoms. The molecule has 0 amide bonds.